The molecule has 256 valence electrons. The molecule has 1 atom stereocenters. The number of alkyl halides is 3. The number of aliphatic imine (C=N–C) groups is 1. The highest BCUT2D eigenvalue weighted by molar-refractivity contribution is 6.16. The molecule has 0 saturated carbocycles. The van der Waals surface area contributed by atoms with E-state index in [0.29, 0.717) is 35.6 Å². The number of carboxylic acids is 1. The van der Waals surface area contributed by atoms with E-state index < -0.39 is 29.3 Å². The topological polar surface area (TPSA) is 95.3 Å². The summed E-state index contributed by atoms with van der Waals surface area (Å²) >= 11 is 0. The molecule has 1 aromatic heterocycles. The normalized spacial score (nSPS) is 18.4. The lowest BCUT2D eigenvalue weighted by molar-refractivity contribution is -0.192. The van der Waals surface area contributed by atoms with Crippen LogP contribution in [0, 0.1) is 11.6 Å². The third kappa shape index (κ3) is 8.47. The fraction of sp³-hybridized carbons (Fsp3) is 0.278. The predicted octanol–water partition coefficient (Wildman–Crippen LogP) is 6.46. The van der Waals surface area contributed by atoms with Crippen LogP contribution in [0.5, 0.6) is 5.75 Å². The van der Waals surface area contributed by atoms with Gasteiger partial charge in [-0.3, -0.25) is 14.7 Å². The van der Waals surface area contributed by atoms with Gasteiger partial charge in [-0.2, -0.15) is 13.2 Å². The number of amidine groups is 1. The van der Waals surface area contributed by atoms with Gasteiger partial charge in [0.05, 0.1) is 0 Å². The maximum atomic E-state index is 14.5. The molecule has 1 N–H and O–H groups in total. The fourth-order valence-corrected chi connectivity index (χ4v) is 5.80. The molecule has 8 nitrogen and oxygen atoms in total. The summed E-state index contributed by atoms with van der Waals surface area (Å²) in [6, 6.07) is 26.9. The van der Waals surface area contributed by atoms with Gasteiger partial charge >= 0.3 is 12.1 Å². The maximum Gasteiger partial charge on any atom is 0.490 e. The SMILES string of the molecule is O=C(O)C(F)(F)F.O=C1N(CCCN2CCC(Oc3ccccc3)CC2)C(c2ccccn2)=NC1(c1ccc(F)cc1)c1cccc(F)c1. The zero-order valence-corrected chi connectivity index (χ0v) is 26.2. The first-order chi connectivity index (χ1) is 23.5. The highest BCUT2D eigenvalue weighted by Gasteiger charge is 2.51. The number of aliphatic carboxylic acids is 1. The highest BCUT2D eigenvalue weighted by atomic mass is 19.4. The number of para-hydroxylation sites is 1. The number of aromatic nitrogens is 1. The van der Waals surface area contributed by atoms with Gasteiger partial charge in [0.1, 0.15) is 29.2 Å². The summed E-state index contributed by atoms with van der Waals surface area (Å²) in [4.78, 5) is 36.9. The molecule has 1 unspecified atom stereocenters. The molecule has 2 aliphatic rings. The number of carbonyl (C=O) groups excluding carboxylic acids is 1. The van der Waals surface area contributed by atoms with Crippen LogP contribution in [0.25, 0.3) is 0 Å². The van der Waals surface area contributed by atoms with E-state index in [-0.39, 0.29) is 12.0 Å². The third-order valence-electron chi connectivity index (χ3n) is 8.16. The zero-order chi connectivity index (χ0) is 35.0. The predicted molar refractivity (Wildman–Crippen MR) is 171 cm³/mol. The minimum absolute atomic E-state index is 0.189. The molecule has 6 rings (SSSR count). The van der Waals surface area contributed by atoms with Crippen molar-refractivity contribution in [3.05, 3.63) is 132 Å². The van der Waals surface area contributed by atoms with Crippen LogP contribution >= 0.6 is 0 Å². The lowest BCUT2D eigenvalue weighted by Crippen LogP contribution is -2.44. The van der Waals surface area contributed by atoms with Crippen LogP contribution in [0.1, 0.15) is 36.1 Å². The Bertz CT molecular complexity index is 1750. The van der Waals surface area contributed by atoms with Crippen molar-refractivity contribution in [1.82, 2.24) is 14.8 Å². The summed E-state index contributed by atoms with van der Waals surface area (Å²) in [6.45, 7) is 3.04. The molecular formula is C36H33F5N4O4. The summed E-state index contributed by atoms with van der Waals surface area (Å²) < 4.78 is 66.3. The quantitative estimate of drug-likeness (QED) is 0.204. The van der Waals surface area contributed by atoms with E-state index in [1.165, 1.54) is 24.3 Å². The van der Waals surface area contributed by atoms with Gasteiger partial charge in [0, 0.05) is 25.8 Å². The largest absolute Gasteiger partial charge is 0.490 e. The Morgan fingerprint density at radius 2 is 1.53 bits per heavy atom. The first-order valence-corrected chi connectivity index (χ1v) is 15.6. The molecule has 0 radical (unpaired) electrons. The zero-order valence-electron chi connectivity index (χ0n) is 26.2. The molecule has 1 fully saturated rings. The van der Waals surface area contributed by atoms with E-state index in [1.807, 2.05) is 42.5 Å². The summed E-state index contributed by atoms with van der Waals surface area (Å²) in [6.07, 6.45) is -0.655. The van der Waals surface area contributed by atoms with Crippen molar-refractivity contribution < 1.29 is 41.4 Å². The average Bonchev–Trinajstić information content (AvgIpc) is 3.39. The Balaban J connectivity index is 0.000000606. The van der Waals surface area contributed by atoms with Crippen molar-refractivity contribution >= 4 is 17.7 Å². The average molecular weight is 681 g/mol. The number of hydrogen-bond donors (Lipinski definition) is 1. The van der Waals surface area contributed by atoms with Crippen molar-refractivity contribution in [3.63, 3.8) is 0 Å². The van der Waals surface area contributed by atoms with E-state index in [2.05, 4.69) is 9.88 Å². The number of piperidine rings is 1. The summed E-state index contributed by atoms with van der Waals surface area (Å²) in [7, 11) is 0. The van der Waals surface area contributed by atoms with Crippen molar-refractivity contribution in [1.29, 1.82) is 0 Å². The van der Waals surface area contributed by atoms with Gasteiger partial charge in [0.25, 0.3) is 5.91 Å². The number of carbonyl (C=O) groups is 2. The molecule has 0 aliphatic carbocycles. The Morgan fingerprint density at radius 3 is 2.14 bits per heavy atom. The molecule has 4 aromatic rings. The van der Waals surface area contributed by atoms with Crippen LogP contribution < -0.4 is 4.74 Å². The summed E-state index contributed by atoms with van der Waals surface area (Å²) in [5, 5.41) is 7.12. The van der Waals surface area contributed by atoms with E-state index in [9.17, 15) is 26.7 Å². The number of amides is 1. The van der Waals surface area contributed by atoms with Crippen LogP contribution in [0.3, 0.4) is 0 Å². The molecule has 1 amide bonds. The van der Waals surface area contributed by atoms with Crippen LogP contribution in [-0.4, -0.2) is 76.1 Å². The molecule has 3 aromatic carbocycles. The van der Waals surface area contributed by atoms with Gasteiger partial charge in [-0.15, -0.1) is 0 Å². The van der Waals surface area contributed by atoms with Crippen LogP contribution in [0.15, 0.2) is 108 Å². The first kappa shape index (κ1) is 35.1. The van der Waals surface area contributed by atoms with Gasteiger partial charge < -0.3 is 14.7 Å². The van der Waals surface area contributed by atoms with Gasteiger partial charge in [-0.1, -0.05) is 48.5 Å². The number of rotatable bonds is 9. The standard InChI is InChI=1S/C34H32F2N4O2.C2HF3O2/c35-27-15-13-25(14-16-27)34(26-8-6-9-28(36)24-26)33(41)40(32(38-34)31-12-4-5-19-37-31)21-7-20-39-22-17-30(18-23-39)42-29-10-2-1-3-11-29;3-2(4,5)1(6)7/h1-6,8-16,19,24,30H,7,17-18,20-23H2;(H,6,7). The number of hydrogen-bond acceptors (Lipinski definition) is 6. The lowest BCUT2D eigenvalue weighted by atomic mass is 9.82. The maximum absolute atomic E-state index is 14.5. The summed E-state index contributed by atoms with van der Waals surface area (Å²) in [5.74, 6) is -2.66. The molecule has 3 heterocycles. The van der Waals surface area contributed by atoms with Crippen molar-refractivity contribution in [2.75, 3.05) is 26.2 Å². The molecule has 2 aliphatic heterocycles. The minimum Gasteiger partial charge on any atom is -0.490 e. The highest BCUT2D eigenvalue weighted by Crippen LogP contribution is 2.41. The van der Waals surface area contributed by atoms with Gasteiger partial charge in [-0.25, -0.2) is 18.6 Å². The van der Waals surface area contributed by atoms with E-state index in [0.717, 1.165) is 38.2 Å². The third-order valence-corrected chi connectivity index (χ3v) is 8.16. The Labute approximate surface area is 279 Å². The van der Waals surface area contributed by atoms with E-state index in [1.54, 1.807) is 41.4 Å². The Kier molecular flexibility index (Phi) is 11.0. The number of nitrogens with zero attached hydrogens (tertiary/aromatic N) is 4. The van der Waals surface area contributed by atoms with Gasteiger partial charge in [0.15, 0.2) is 11.4 Å². The van der Waals surface area contributed by atoms with Crippen LogP contribution in [0.4, 0.5) is 22.0 Å². The Morgan fingerprint density at radius 1 is 0.857 bits per heavy atom. The number of benzene rings is 3. The van der Waals surface area contributed by atoms with E-state index >= 15 is 0 Å². The monoisotopic (exact) mass is 680 g/mol. The van der Waals surface area contributed by atoms with Gasteiger partial charge in [-0.05, 0) is 85.5 Å². The lowest BCUT2D eigenvalue weighted by Gasteiger charge is -2.32. The van der Waals surface area contributed by atoms with Crippen molar-refractivity contribution in [3.8, 4) is 5.75 Å². The second kappa shape index (κ2) is 15.4. The molecule has 1 saturated heterocycles. The molecule has 49 heavy (non-hydrogen) atoms. The second-order valence-electron chi connectivity index (χ2n) is 11.5. The molecule has 13 heteroatoms. The van der Waals surface area contributed by atoms with Gasteiger partial charge in [0.2, 0.25) is 0 Å². The number of pyridine rings is 1. The van der Waals surface area contributed by atoms with Crippen LogP contribution in [-0.2, 0) is 15.1 Å². The number of carboxylic acid groups (broad SMARTS) is 1. The number of likely N-dealkylation sites (tertiary alicyclic amines) is 1. The van der Waals surface area contributed by atoms with Crippen molar-refractivity contribution in [2.24, 2.45) is 4.99 Å². The van der Waals surface area contributed by atoms with Crippen molar-refractivity contribution in [2.45, 2.75) is 37.1 Å². The number of halogens is 5. The smallest absolute Gasteiger partial charge is 0.490 e. The fourth-order valence-electron chi connectivity index (χ4n) is 5.80. The number of ether oxygens (including phenoxy) is 1. The molecular weight excluding hydrogens is 647 g/mol. The first-order valence-electron chi connectivity index (χ1n) is 15.6. The Hall–Kier alpha value is -5.17. The summed E-state index contributed by atoms with van der Waals surface area (Å²) in [5.41, 5.74) is -0.160. The minimum atomic E-state index is -5.08. The molecule has 0 bridgehead atoms. The molecule has 0 spiro atoms. The second-order valence-corrected chi connectivity index (χ2v) is 11.5. The van der Waals surface area contributed by atoms with Crippen LogP contribution in [0.2, 0.25) is 0 Å². The van der Waals surface area contributed by atoms with E-state index in [4.69, 9.17) is 19.6 Å².